The number of nitrogens with zero attached hydrogens (tertiary/aromatic N) is 10. The van der Waals surface area contributed by atoms with E-state index in [1.807, 2.05) is 0 Å². The predicted octanol–water partition coefficient (Wildman–Crippen LogP) is 14.9. The van der Waals surface area contributed by atoms with E-state index in [4.69, 9.17) is 9.47 Å². The molecule has 5 rings (SSSR count). The maximum Gasteiger partial charge on any atom is 0.0594 e. The van der Waals surface area contributed by atoms with Gasteiger partial charge in [0.1, 0.15) is 0 Å². The average molecular weight is 1200 g/mol. The summed E-state index contributed by atoms with van der Waals surface area (Å²) in [6, 6.07) is 0. The summed E-state index contributed by atoms with van der Waals surface area (Å²) in [5, 5.41) is 2.38. The third-order valence-electron chi connectivity index (χ3n) is 15.8. The molecule has 0 aromatic rings. The summed E-state index contributed by atoms with van der Waals surface area (Å²) in [5.74, 6) is 0. The van der Waals surface area contributed by atoms with Gasteiger partial charge in [-0.25, -0.2) is 5.01 Å². The van der Waals surface area contributed by atoms with Gasteiger partial charge in [0.05, 0.1) is 26.4 Å². The molecule has 0 bridgehead atoms. The highest BCUT2D eigenvalue weighted by Gasteiger charge is 2.27. The van der Waals surface area contributed by atoms with Gasteiger partial charge < -0.3 is 19.3 Å². The van der Waals surface area contributed by atoms with Gasteiger partial charge in [0.15, 0.2) is 0 Å². The molecule has 0 unspecified atom stereocenters. The number of hydrogen-bond acceptors (Lipinski definition) is 13. The van der Waals surface area contributed by atoms with E-state index < -0.39 is 0 Å². The third-order valence-corrected chi connectivity index (χ3v) is 15.8. The minimum atomic E-state index is 0. The van der Waals surface area contributed by atoms with Crippen LogP contribution < -0.4 is 5.43 Å². The second-order valence-electron chi connectivity index (χ2n) is 29.5. The Balaban J connectivity index is -0.000000133. The lowest BCUT2D eigenvalue weighted by atomic mass is 10.0. The van der Waals surface area contributed by atoms with Gasteiger partial charge in [0.2, 0.25) is 0 Å². The second kappa shape index (κ2) is 49.3. The Morgan fingerprint density at radius 2 is 0.675 bits per heavy atom. The number of piperidine rings is 1. The molecular weight excluding hydrogens is 1030 g/mol. The predicted molar refractivity (Wildman–Crippen MR) is 383 cm³/mol. The van der Waals surface area contributed by atoms with Crippen molar-refractivity contribution < 1.29 is 9.47 Å². The normalized spacial score (nSPS) is 18.5. The number of likely N-dealkylation sites (N-methyl/N-ethyl adjacent to an activating group) is 1. The van der Waals surface area contributed by atoms with Crippen LogP contribution in [0.15, 0.2) is 0 Å². The molecule has 5 fully saturated rings. The van der Waals surface area contributed by atoms with Crippen LogP contribution in [0.5, 0.6) is 0 Å². The molecule has 5 saturated heterocycles. The van der Waals surface area contributed by atoms with Crippen LogP contribution in [0.4, 0.5) is 0 Å². The molecule has 5 aliphatic rings. The lowest BCUT2D eigenvalue weighted by Crippen LogP contribution is -2.57. The largest absolute Gasteiger partial charge is 0.379 e. The minimum Gasteiger partial charge on any atom is -0.379 e. The van der Waals surface area contributed by atoms with Crippen LogP contribution in [0.2, 0.25) is 0 Å². The Morgan fingerprint density at radius 3 is 0.928 bits per heavy atom. The van der Waals surface area contributed by atoms with Crippen molar-refractivity contribution in [1.82, 2.24) is 54.5 Å². The maximum absolute atomic E-state index is 5.36. The highest BCUT2D eigenvalue weighted by atomic mass is 16.5. The number of nitrogens with one attached hydrogen (secondary N) is 1. The van der Waals surface area contributed by atoms with E-state index in [2.05, 4.69) is 249 Å². The third kappa shape index (κ3) is 50.0. The van der Waals surface area contributed by atoms with E-state index in [-0.39, 0.29) is 44.6 Å². The molecule has 0 atom stereocenters. The van der Waals surface area contributed by atoms with Crippen LogP contribution in [0, 0.1) is 0 Å². The molecule has 5 aliphatic heterocycles. The molecule has 0 aromatic carbocycles. The van der Waals surface area contributed by atoms with Crippen molar-refractivity contribution in [3.63, 3.8) is 0 Å². The van der Waals surface area contributed by atoms with Crippen LogP contribution in [-0.2, 0) is 9.47 Å². The van der Waals surface area contributed by atoms with Crippen LogP contribution in [0.1, 0.15) is 250 Å². The van der Waals surface area contributed by atoms with Gasteiger partial charge in [0, 0.05) is 130 Å². The zero-order valence-electron chi connectivity index (χ0n) is 57.8. The molecule has 13 heteroatoms. The zero-order valence-corrected chi connectivity index (χ0v) is 57.8. The molecule has 5 heterocycles. The minimum absolute atomic E-state index is 0. The van der Waals surface area contributed by atoms with E-state index >= 15 is 0 Å². The summed E-state index contributed by atoms with van der Waals surface area (Å²) in [6.07, 6.45) is 6.76. The summed E-state index contributed by atoms with van der Waals surface area (Å²) in [7, 11) is 6.36. The van der Waals surface area contributed by atoms with Crippen LogP contribution in [-0.4, -0.2) is 266 Å². The molecule has 1 N–H and O–H groups in total. The molecule has 0 amide bonds. The van der Waals surface area contributed by atoms with E-state index in [1.54, 1.807) is 0 Å². The van der Waals surface area contributed by atoms with Crippen LogP contribution in [0.25, 0.3) is 0 Å². The lowest BCUT2D eigenvalue weighted by molar-refractivity contribution is -0.00389. The summed E-state index contributed by atoms with van der Waals surface area (Å²) >= 11 is 0. The number of hydrogen-bond donors (Lipinski definition) is 1. The number of hydrazine groups is 1. The first kappa shape index (κ1) is 98.7. The SMILES string of the molecule is C.C.C.C.C.C.CC(C)(C)N1CCCCC1.CC(C)(C)N1CCN(NCCN2CCOCC2)CC1.CC(C)(C)N1CCOCC1.CCCN(CCC)C(C)(C)C.CCN(CC)C(C)(C)C.CN(C)C(C)(C)C.CN1CCN(C(C)(C)C)CC1. The number of piperazine rings is 2. The number of likely N-dealkylation sites (tertiary alicyclic amines) is 1. The number of rotatable bonds is 10. The van der Waals surface area contributed by atoms with Gasteiger partial charge in [-0.3, -0.25) is 39.7 Å². The van der Waals surface area contributed by atoms with Crippen molar-refractivity contribution >= 4 is 0 Å². The van der Waals surface area contributed by atoms with Crippen molar-refractivity contribution in [1.29, 1.82) is 0 Å². The molecule has 0 saturated carbocycles. The topological polar surface area (TPSA) is 62.9 Å². The number of morpholine rings is 2. The molecule has 0 radical (unpaired) electrons. The molecular formula is C70H167N11O2. The molecule has 0 aliphatic carbocycles. The van der Waals surface area contributed by atoms with Gasteiger partial charge in [-0.05, 0) is 231 Å². The first-order valence-corrected chi connectivity index (χ1v) is 31.5. The summed E-state index contributed by atoms with van der Waals surface area (Å²) in [6.45, 7) is 83.5. The van der Waals surface area contributed by atoms with E-state index in [0.29, 0.717) is 38.8 Å². The van der Waals surface area contributed by atoms with Gasteiger partial charge in [0.25, 0.3) is 0 Å². The standard InChI is InChI=1S/C14H30N4O.C10H23N.C9H20N2.C9H19N.C8H17NO.C8H19N.C6H15N.6CH4/c1-14(2,3)17-6-8-18(9-7-17)15-4-5-16-10-12-19-13-11-16;1-6-8-11(9-7-2)10(3,4)5;1-9(2,3)11-7-5-10(4)6-8-11;1-9(2,3)10-7-5-4-6-8-10;1-8(2,3)9-4-6-10-7-5-9;1-6-9(7-2)8(3,4)5;1-6(2,3)7(4)5;;;;;;/h15H,4-13H2,1-3H3;6-9H2,1-5H3;5-8H2,1-4H3;4-8H2,1-3H3;4-7H2,1-3H3;6-7H2,1-5H3;1-5H3;6*1H4. The first-order chi connectivity index (χ1) is 35.2. The second-order valence-corrected chi connectivity index (χ2v) is 29.5. The van der Waals surface area contributed by atoms with Crippen molar-refractivity contribution in [2.45, 2.75) is 289 Å². The van der Waals surface area contributed by atoms with Crippen molar-refractivity contribution in [2.75, 3.05) is 178 Å². The molecule has 13 nitrogen and oxygen atoms in total. The van der Waals surface area contributed by atoms with Crippen molar-refractivity contribution in [3.05, 3.63) is 0 Å². The van der Waals surface area contributed by atoms with E-state index in [1.165, 1.54) is 84.5 Å². The van der Waals surface area contributed by atoms with Crippen LogP contribution >= 0.6 is 0 Å². The molecule has 514 valence electrons. The fourth-order valence-corrected chi connectivity index (χ4v) is 9.50. The average Bonchev–Trinajstić information content (AvgIpc) is 3.32. The maximum atomic E-state index is 5.36. The highest BCUT2D eigenvalue weighted by Crippen LogP contribution is 2.20. The van der Waals surface area contributed by atoms with Crippen molar-refractivity contribution in [3.8, 4) is 0 Å². The van der Waals surface area contributed by atoms with E-state index in [0.717, 1.165) is 105 Å². The molecule has 0 aromatic heterocycles. The van der Waals surface area contributed by atoms with Crippen molar-refractivity contribution in [2.24, 2.45) is 0 Å². The Labute approximate surface area is 528 Å². The van der Waals surface area contributed by atoms with Gasteiger partial charge in [-0.15, -0.1) is 0 Å². The van der Waals surface area contributed by atoms with Gasteiger partial charge in [-0.1, -0.05) is 78.7 Å². The molecule has 0 spiro atoms. The fraction of sp³-hybridized carbons (Fsp3) is 1.00. The first-order valence-electron chi connectivity index (χ1n) is 31.5. The summed E-state index contributed by atoms with van der Waals surface area (Å²) in [4.78, 5) is 22.2. The van der Waals surface area contributed by atoms with E-state index in [9.17, 15) is 0 Å². The Hall–Kier alpha value is -0.520. The number of ether oxygens (including phenoxy) is 2. The molecule has 83 heavy (non-hydrogen) atoms. The van der Waals surface area contributed by atoms with Gasteiger partial charge >= 0.3 is 0 Å². The Morgan fingerprint density at radius 1 is 0.373 bits per heavy atom. The van der Waals surface area contributed by atoms with Crippen LogP contribution in [0.3, 0.4) is 0 Å². The summed E-state index contributed by atoms with van der Waals surface area (Å²) in [5.41, 5.74) is 6.00. The fourth-order valence-electron chi connectivity index (χ4n) is 9.50. The zero-order chi connectivity index (χ0) is 59.9. The lowest BCUT2D eigenvalue weighted by Gasteiger charge is -2.42. The summed E-state index contributed by atoms with van der Waals surface area (Å²) < 4.78 is 10.6. The highest BCUT2D eigenvalue weighted by molar-refractivity contribution is 4.83. The van der Waals surface area contributed by atoms with Gasteiger partial charge in [-0.2, -0.15) is 0 Å². The smallest absolute Gasteiger partial charge is 0.0594 e. The monoisotopic (exact) mass is 1190 g/mol. The Bertz CT molecular complexity index is 1310. The quantitative estimate of drug-likeness (QED) is 0.226. The Kier molecular flexibility index (Phi) is 58.6.